The highest BCUT2D eigenvalue weighted by Gasteiger charge is 2.25. The van der Waals surface area contributed by atoms with E-state index in [-0.39, 0.29) is 29.5 Å². The lowest BCUT2D eigenvalue weighted by atomic mass is 9.91. The Morgan fingerprint density at radius 1 is 1.12 bits per heavy atom. The van der Waals surface area contributed by atoms with Gasteiger partial charge in [-0.15, -0.1) is 10.2 Å². The van der Waals surface area contributed by atoms with Gasteiger partial charge in [-0.1, -0.05) is 29.8 Å². The highest BCUT2D eigenvalue weighted by Crippen LogP contribution is 2.32. The van der Waals surface area contributed by atoms with E-state index < -0.39 is 0 Å². The summed E-state index contributed by atoms with van der Waals surface area (Å²) in [4.78, 5) is 24.8. The van der Waals surface area contributed by atoms with Gasteiger partial charge in [-0.25, -0.2) is 9.97 Å². The van der Waals surface area contributed by atoms with E-state index in [0.29, 0.717) is 16.7 Å². The van der Waals surface area contributed by atoms with E-state index in [4.69, 9.17) is 22.3 Å². The lowest BCUT2D eigenvalue weighted by Gasteiger charge is -2.30. The Balaban J connectivity index is 1.29. The zero-order valence-corrected chi connectivity index (χ0v) is 18.5. The highest BCUT2D eigenvalue weighted by molar-refractivity contribution is 6.33. The summed E-state index contributed by atoms with van der Waals surface area (Å²) >= 11 is 6.45. The number of carbonyl (C=O) groups excluding carboxylic acids is 1. The number of H-pyrrole nitrogens is 1. The molecule has 3 aromatic heterocycles. The molecule has 10 heteroatoms. The Morgan fingerprint density at radius 3 is 2.82 bits per heavy atom. The van der Waals surface area contributed by atoms with Crippen molar-refractivity contribution in [3.8, 4) is 11.3 Å². The van der Waals surface area contributed by atoms with Crippen molar-refractivity contribution in [2.75, 3.05) is 11.1 Å². The third-order valence-electron chi connectivity index (χ3n) is 5.85. The first-order chi connectivity index (χ1) is 16.1. The number of fused-ring (bicyclic) bond motifs is 1. The Morgan fingerprint density at radius 2 is 1.97 bits per heavy atom. The fourth-order valence-electron chi connectivity index (χ4n) is 4.25. The summed E-state index contributed by atoms with van der Waals surface area (Å²) in [6.07, 6.45) is 7.11. The van der Waals surface area contributed by atoms with E-state index in [2.05, 4.69) is 30.8 Å². The lowest BCUT2D eigenvalue weighted by Crippen LogP contribution is -2.42. The maximum atomic E-state index is 12.5. The van der Waals surface area contributed by atoms with Crippen molar-refractivity contribution in [2.45, 2.75) is 37.8 Å². The van der Waals surface area contributed by atoms with Gasteiger partial charge in [0.05, 0.1) is 16.9 Å². The van der Waals surface area contributed by atoms with Crippen LogP contribution in [-0.2, 0) is 0 Å². The molecule has 9 nitrogen and oxygen atoms in total. The first kappa shape index (κ1) is 21.1. The number of halogens is 1. The largest absolute Gasteiger partial charge is 0.382 e. The van der Waals surface area contributed by atoms with Crippen molar-refractivity contribution in [1.82, 2.24) is 30.5 Å². The molecule has 3 heterocycles. The van der Waals surface area contributed by atoms with Crippen LogP contribution in [0.4, 0.5) is 11.8 Å². The number of nitrogens with one attached hydrogen (secondary N) is 3. The van der Waals surface area contributed by atoms with Crippen LogP contribution in [-0.4, -0.2) is 43.1 Å². The van der Waals surface area contributed by atoms with Gasteiger partial charge in [-0.3, -0.25) is 4.79 Å². The molecule has 0 unspecified atom stereocenters. The number of benzene rings is 1. The second-order valence-electron chi connectivity index (χ2n) is 8.16. The normalized spacial score (nSPS) is 18.2. The van der Waals surface area contributed by atoms with Gasteiger partial charge in [-0.05, 0) is 43.9 Å². The van der Waals surface area contributed by atoms with Gasteiger partial charge >= 0.3 is 0 Å². The van der Waals surface area contributed by atoms with Crippen molar-refractivity contribution in [3.05, 3.63) is 59.5 Å². The maximum absolute atomic E-state index is 12.5. The summed E-state index contributed by atoms with van der Waals surface area (Å²) in [6, 6.07) is 11.3. The second-order valence-corrected chi connectivity index (χ2v) is 8.57. The van der Waals surface area contributed by atoms with Crippen molar-refractivity contribution >= 4 is 40.2 Å². The molecule has 1 aliphatic carbocycles. The molecule has 2 atom stereocenters. The van der Waals surface area contributed by atoms with Crippen LogP contribution in [0.3, 0.4) is 0 Å². The van der Waals surface area contributed by atoms with Crippen LogP contribution in [0.15, 0.2) is 48.8 Å². The molecule has 5 N–H and O–H groups in total. The molecular formula is C23H23ClN8O. The number of para-hydroxylation sites is 1. The van der Waals surface area contributed by atoms with Gasteiger partial charge in [0.1, 0.15) is 5.82 Å². The first-order valence-electron chi connectivity index (χ1n) is 10.8. The van der Waals surface area contributed by atoms with Gasteiger partial charge in [0.15, 0.2) is 5.69 Å². The number of nitrogens with two attached hydrogens (primary N) is 1. The molecule has 0 saturated heterocycles. The molecule has 1 amide bonds. The van der Waals surface area contributed by atoms with Gasteiger partial charge in [0.25, 0.3) is 5.91 Å². The minimum atomic E-state index is -0.252. The number of carbonyl (C=O) groups is 1. The Hall–Kier alpha value is -3.72. The van der Waals surface area contributed by atoms with Crippen LogP contribution in [0.2, 0.25) is 5.02 Å². The second kappa shape index (κ2) is 9.03. The molecule has 4 aromatic rings. The number of nitrogens with zero attached hydrogens (tertiary/aromatic N) is 4. The van der Waals surface area contributed by atoms with Crippen LogP contribution in [0.25, 0.3) is 22.2 Å². The SMILES string of the molecule is Nc1ccc(C(=O)N[C@H]2CCC[C@@H](Nc3ncc(Cl)c(-c4c[nH]c5ccccc45)n3)C2)nn1. The zero-order chi connectivity index (χ0) is 22.8. The summed E-state index contributed by atoms with van der Waals surface area (Å²) < 4.78 is 0. The molecule has 0 radical (unpaired) electrons. The third-order valence-corrected chi connectivity index (χ3v) is 6.13. The lowest BCUT2D eigenvalue weighted by molar-refractivity contribution is 0.0920. The Bertz CT molecular complexity index is 1290. The molecule has 1 aliphatic rings. The monoisotopic (exact) mass is 462 g/mol. The van der Waals surface area contributed by atoms with Gasteiger partial charge in [0.2, 0.25) is 5.95 Å². The predicted octanol–water partition coefficient (Wildman–Crippen LogP) is 3.80. The van der Waals surface area contributed by atoms with Crippen LogP contribution >= 0.6 is 11.6 Å². The fourth-order valence-corrected chi connectivity index (χ4v) is 4.44. The van der Waals surface area contributed by atoms with Crippen molar-refractivity contribution in [1.29, 1.82) is 0 Å². The van der Waals surface area contributed by atoms with Crippen LogP contribution in [0.5, 0.6) is 0 Å². The quantitative estimate of drug-likeness (QED) is 0.354. The van der Waals surface area contributed by atoms with Crippen molar-refractivity contribution in [2.24, 2.45) is 0 Å². The number of aromatic nitrogens is 5. The minimum absolute atomic E-state index is 0.0171. The molecule has 168 valence electrons. The number of amides is 1. The minimum Gasteiger partial charge on any atom is -0.382 e. The molecule has 0 bridgehead atoms. The van der Waals surface area contributed by atoms with Gasteiger partial charge in [-0.2, -0.15) is 0 Å². The molecule has 0 spiro atoms. The smallest absolute Gasteiger partial charge is 0.272 e. The summed E-state index contributed by atoms with van der Waals surface area (Å²) in [6.45, 7) is 0. The van der Waals surface area contributed by atoms with Crippen LogP contribution < -0.4 is 16.4 Å². The predicted molar refractivity (Wildman–Crippen MR) is 128 cm³/mol. The molecule has 1 fully saturated rings. The number of hydrogen-bond acceptors (Lipinski definition) is 7. The number of rotatable bonds is 5. The highest BCUT2D eigenvalue weighted by atomic mass is 35.5. The average Bonchev–Trinajstić information content (AvgIpc) is 3.25. The van der Waals surface area contributed by atoms with Crippen LogP contribution in [0, 0.1) is 0 Å². The van der Waals surface area contributed by atoms with Crippen LogP contribution in [0.1, 0.15) is 36.2 Å². The van der Waals surface area contributed by atoms with E-state index in [1.54, 1.807) is 18.3 Å². The number of aromatic amines is 1. The van der Waals surface area contributed by atoms with Crippen molar-refractivity contribution in [3.63, 3.8) is 0 Å². The molecule has 5 rings (SSSR count). The average molecular weight is 463 g/mol. The van der Waals surface area contributed by atoms with E-state index in [9.17, 15) is 4.79 Å². The number of anilines is 2. The topological polar surface area (TPSA) is 134 Å². The van der Waals surface area contributed by atoms with E-state index in [1.807, 2.05) is 30.5 Å². The van der Waals surface area contributed by atoms with Gasteiger partial charge in [0, 0.05) is 34.7 Å². The van der Waals surface area contributed by atoms with E-state index in [0.717, 1.165) is 42.1 Å². The molecule has 0 aliphatic heterocycles. The standard InChI is InChI=1S/C23H23ClN8O/c24-17-12-27-23(30-21(17)16-11-26-18-7-2-1-6-15(16)18)29-14-5-3-4-13(10-14)28-22(33)19-8-9-20(25)32-31-19/h1-2,6-9,11-14,26H,3-5,10H2,(H2,25,32)(H,28,33)(H,27,29,30)/t13-,14+/m0/s1. The molecule has 33 heavy (non-hydrogen) atoms. The van der Waals surface area contributed by atoms with Crippen molar-refractivity contribution < 1.29 is 4.79 Å². The Labute approximate surface area is 195 Å². The summed E-state index contributed by atoms with van der Waals surface area (Å²) in [5.41, 5.74) is 8.43. The number of nitrogen functional groups attached to an aromatic ring is 1. The summed E-state index contributed by atoms with van der Waals surface area (Å²) in [5.74, 6) is 0.544. The molecule has 1 saturated carbocycles. The molecular weight excluding hydrogens is 440 g/mol. The molecule has 1 aromatic carbocycles. The third kappa shape index (κ3) is 4.58. The number of hydrogen-bond donors (Lipinski definition) is 4. The zero-order valence-electron chi connectivity index (χ0n) is 17.8. The van der Waals surface area contributed by atoms with E-state index in [1.165, 1.54) is 0 Å². The maximum Gasteiger partial charge on any atom is 0.272 e. The Kier molecular flexibility index (Phi) is 5.78. The summed E-state index contributed by atoms with van der Waals surface area (Å²) in [7, 11) is 0. The fraction of sp³-hybridized carbons (Fsp3) is 0.261. The first-order valence-corrected chi connectivity index (χ1v) is 11.2. The van der Waals surface area contributed by atoms with E-state index >= 15 is 0 Å². The summed E-state index contributed by atoms with van der Waals surface area (Å²) in [5, 5.41) is 15.6. The van der Waals surface area contributed by atoms with Gasteiger partial charge < -0.3 is 21.4 Å².